The highest BCUT2D eigenvalue weighted by molar-refractivity contribution is 7.89. The van der Waals surface area contributed by atoms with Crippen LogP contribution >= 0.6 is 11.6 Å². The second-order valence-corrected chi connectivity index (χ2v) is 7.33. The molecular formula is C14H20ClN3O4S. The Kier molecular flexibility index (Phi) is 6.64. The lowest BCUT2D eigenvalue weighted by Crippen LogP contribution is -2.42. The normalized spacial score (nSPS) is 17.9. The van der Waals surface area contributed by atoms with E-state index in [9.17, 15) is 13.2 Å². The summed E-state index contributed by atoms with van der Waals surface area (Å²) in [4.78, 5) is 11.7. The maximum atomic E-state index is 12.0. The van der Waals surface area contributed by atoms with Crippen LogP contribution < -0.4 is 15.4 Å². The molecule has 2 amide bonds. The summed E-state index contributed by atoms with van der Waals surface area (Å²) in [5, 5.41) is 5.75. The third-order valence-electron chi connectivity index (χ3n) is 3.34. The molecule has 0 bridgehead atoms. The first-order valence-electron chi connectivity index (χ1n) is 7.36. The molecule has 7 nitrogen and oxygen atoms in total. The molecule has 1 saturated heterocycles. The lowest BCUT2D eigenvalue weighted by Gasteiger charge is -2.12. The summed E-state index contributed by atoms with van der Waals surface area (Å²) in [6, 6.07) is 5.52. The molecule has 0 aromatic heterocycles. The van der Waals surface area contributed by atoms with E-state index >= 15 is 0 Å². The molecule has 1 aliphatic rings. The van der Waals surface area contributed by atoms with Gasteiger partial charge in [-0.3, -0.25) is 0 Å². The number of carbonyl (C=O) groups excluding carboxylic acids is 1. The molecule has 1 atom stereocenters. The molecule has 0 saturated carbocycles. The highest BCUT2D eigenvalue weighted by Crippen LogP contribution is 2.13. The van der Waals surface area contributed by atoms with Crippen molar-refractivity contribution in [1.82, 2.24) is 15.4 Å². The number of amides is 2. The number of ether oxygens (including phenoxy) is 1. The average molecular weight is 362 g/mol. The summed E-state index contributed by atoms with van der Waals surface area (Å²) in [6.07, 6.45) is 2.03. The zero-order valence-electron chi connectivity index (χ0n) is 12.5. The van der Waals surface area contributed by atoms with E-state index in [1.807, 2.05) is 0 Å². The Morgan fingerprint density at radius 1 is 1.22 bits per heavy atom. The number of halogens is 1. The molecule has 0 radical (unpaired) electrons. The fourth-order valence-corrected chi connectivity index (χ4v) is 3.29. The fourth-order valence-electron chi connectivity index (χ4n) is 2.13. The van der Waals surface area contributed by atoms with Crippen molar-refractivity contribution in [1.29, 1.82) is 0 Å². The number of carbonyl (C=O) groups is 1. The van der Waals surface area contributed by atoms with Gasteiger partial charge in [0.25, 0.3) is 0 Å². The van der Waals surface area contributed by atoms with Crippen LogP contribution in [0.1, 0.15) is 12.8 Å². The van der Waals surface area contributed by atoms with Gasteiger partial charge in [-0.25, -0.2) is 17.9 Å². The first-order chi connectivity index (χ1) is 11.0. The minimum absolute atomic E-state index is 0.0733. The highest BCUT2D eigenvalue weighted by Gasteiger charge is 2.16. The standard InChI is InChI=1S/C14H20ClN3O4S/c15-11-3-5-13(6-4-11)23(20,21)18-8-7-16-14(19)17-10-12-2-1-9-22-12/h3-6,12,18H,1-2,7-10H2,(H2,16,17,19). The van der Waals surface area contributed by atoms with Crippen LogP contribution in [0.15, 0.2) is 29.2 Å². The quantitative estimate of drug-likeness (QED) is 0.633. The van der Waals surface area contributed by atoms with Crippen molar-refractivity contribution >= 4 is 27.7 Å². The van der Waals surface area contributed by atoms with Gasteiger partial charge in [0, 0.05) is 31.3 Å². The SMILES string of the molecule is O=C(NCCNS(=O)(=O)c1ccc(Cl)cc1)NCC1CCCO1. The van der Waals surface area contributed by atoms with Gasteiger partial charge in [0.05, 0.1) is 11.0 Å². The van der Waals surface area contributed by atoms with Crippen LogP contribution in [0.25, 0.3) is 0 Å². The zero-order chi connectivity index (χ0) is 16.7. The number of urea groups is 1. The smallest absolute Gasteiger partial charge is 0.314 e. The van der Waals surface area contributed by atoms with Gasteiger partial charge in [-0.1, -0.05) is 11.6 Å². The maximum absolute atomic E-state index is 12.0. The van der Waals surface area contributed by atoms with Crippen LogP contribution in [0.5, 0.6) is 0 Å². The minimum Gasteiger partial charge on any atom is -0.376 e. The van der Waals surface area contributed by atoms with Gasteiger partial charge in [-0.05, 0) is 37.1 Å². The van der Waals surface area contributed by atoms with Crippen LogP contribution in [-0.4, -0.2) is 46.8 Å². The number of rotatable bonds is 7. The van der Waals surface area contributed by atoms with Crippen LogP contribution in [-0.2, 0) is 14.8 Å². The van der Waals surface area contributed by atoms with E-state index in [4.69, 9.17) is 16.3 Å². The van der Waals surface area contributed by atoms with Crippen molar-refractivity contribution in [3.05, 3.63) is 29.3 Å². The summed E-state index contributed by atoms with van der Waals surface area (Å²) in [7, 11) is -3.60. The van der Waals surface area contributed by atoms with E-state index in [1.165, 1.54) is 24.3 Å². The maximum Gasteiger partial charge on any atom is 0.314 e. The molecule has 0 aliphatic carbocycles. The van der Waals surface area contributed by atoms with Gasteiger partial charge < -0.3 is 15.4 Å². The van der Waals surface area contributed by atoms with E-state index in [2.05, 4.69) is 15.4 Å². The van der Waals surface area contributed by atoms with Gasteiger partial charge in [0.1, 0.15) is 0 Å². The lowest BCUT2D eigenvalue weighted by molar-refractivity contribution is 0.111. The first-order valence-corrected chi connectivity index (χ1v) is 9.22. The number of benzene rings is 1. The van der Waals surface area contributed by atoms with E-state index in [0.29, 0.717) is 11.6 Å². The summed E-state index contributed by atoms with van der Waals surface area (Å²) in [6.45, 7) is 1.48. The van der Waals surface area contributed by atoms with E-state index in [1.54, 1.807) is 0 Å². The molecule has 0 spiro atoms. The third kappa shape index (κ3) is 5.98. The van der Waals surface area contributed by atoms with Gasteiger partial charge in [-0.15, -0.1) is 0 Å². The van der Waals surface area contributed by atoms with Gasteiger partial charge in [0.15, 0.2) is 0 Å². The van der Waals surface area contributed by atoms with Gasteiger partial charge in [-0.2, -0.15) is 0 Å². The zero-order valence-corrected chi connectivity index (χ0v) is 14.1. The topological polar surface area (TPSA) is 96.5 Å². The van der Waals surface area contributed by atoms with Crippen molar-refractivity contribution in [3.63, 3.8) is 0 Å². The number of hydrogen-bond donors (Lipinski definition) is 3. The molecule has 1 aromatic rings. The average Bonchev–Trinajstić information content (AvgIpc) is 3.03. The number of hydrogen-bond acceptors (Lipinski definition) is 4. The number of nitrogens with one attached hydrogen (secondary N) is 3. The van der Waals surface area contributed by atoms with Crippen molar-refractivity contribution in [2.45, 2.75) is 23.8 Å². The fraction of sp³-hybridized carbons (Fsp3) is 0.500. The molecular weight excluding hydrogens is 342 g/mol. The Balaban J connectivity index is 1.65. The summed E-state index contributed by atoms with van der Waals surface area (Å²) < 4.78 is 31.8. The molecule has 23 heavy (non-hydrogen) atoms. The monoisotopic (exact) mass is 361 g/mol. The molecule has 1 fully saturated rings. The number of sulfonamides is 1. The Morgan fingerprint density at radius 2 is 1.96 bits per heavy atom. The van der Waals surface area contributed by atoms with Crippen LogP contribution in [0.3, 0.4) is 0 Å². The molecule has 1 aromatic carbocycles. The second-order valence-electron chi connectivity index (χ2n) is 5.12. The molecule has 128 valence electrons. The highest BCUT2D eigenvalue weighted by atomic mass is 35.5. The van der Waals surface area contributed by atoms with Gasteiger partial charge >= 0.3 is 6.03 Å². The first kappa shape index (κ1) is 18.0. The summed E-state index contributed by atoms with van der Waals surface area (Å²) >= 11 is 5.72. The molecule has 1 aliphatic heterocycles. The molecule has 1 unspecified atom stereocenters. The summed E-state index contributed by atoms with van der Waals surface area (Å²) in [5.74, 6) is 0. The van der Waals surface area contributed by atoms with Crippen LogP contribution in [0, 0.1) is 0 Å². The molecule has 2 rings (SSSR count). The predicted octanol–water partition coefficient (Wildman–Crippen LogP) is 1.10. The predicted molar refractivity (Wildman–Crippen MR) is 87.0 cm³/mol. The molecule has 3 N–H and O–H groups in total. The van der Waals surface area contributed by atoms with E-state index in [0.717, 1.165) is 19.4 Å². The van der Waals surface area contributed by atoms with Crippen molar-refractivity contribution in [2.24, 2.45) is 0 Å². The third-order valence-corrected chi connectivity index (χ3v) is 5.07. The molecule has 9 heteroatoms. The summed E-state index contributed by atoms with van der Waals surface area (Å²) in [5.41, 5.74) is 0. The van der Waals surface area contributed by atoms with E-state index < -0.39 is 10.0 Å². The van der Waals surface area contributed by atoms with E-state index in [-0.39, 0.29) is 30.1 Å². The Labute approximate surface area is 140 Å². The van der Waals surface area contributed by atoms with Crippen LogP contribution in [0.4, 0.5) is 4.79 Å². The van der Waals surface area contributed by atoms with Crippen LogP contribution in [0.2, 0.25) is 5.02 Å². The lowest BCUT2D eigenvalue weighted by atomic mass is 10.2. The molecule has 1 heterocycles. The van der Waals surface area contributed by atoms with Crippen molar-refractivity contribution < 1.29 is 17.9 Å². The largest absolute Gasteiger partial charge is 0.376 e. The minimum atomic E-state index is -3.60. The Morgan fingerprint density at radius 3 is 2.61 bits per heavy atom. The van der Waals surface area contributed by atoms with Crippen molar-refractivity contribution in [2.75, 3.05) is 26.2 Å². The van der Waals surface area contributed by atoms with Crippen molar-refractivity contribution in [3.8, 4) is 0 Å². The second kappa shape index (κ2) is 8.49. The van der Waals surface area contributed by atoms with Gasteiger partial charge in [0.2, 0.25) is 10.0 Å². The Hall–Kier alpha value is -1.35. The Bertz CT molecular complexity index is 615.